The number of halogens is 1. The van der Waals surface area contributed by atoms with Crippen LogP contribution in [-0.2, 0) is 4.79 Å². The van der Waals surface area contributed by atoms with Crippen molar-refractivity contribution in [3.63, 3.8) is 0 Å². The van der Waals surface area contributed by atoms with E-state index < -0.39 is 0 Å². The van der Waals surface area contributed by atoms with Gasteiger partial charge in [-0.15, -0.1) is 0 Å². The number of hydrogen-bond acceptors (Lipinski definition) is 3. The fourth-order valence-corrected chi connectivity index (χ4v) is 2.17. The van der Waals surface area contributed by atoms with Crippen LogP contribution in [0.25, 0.3) is 0 Å². The highest BCUT2D eigenvalue weighted by molar-refractivity contribution is 5.78. The molecule has 0 aliphatic carbocycles. The number of amides is 1. The Labute approximate surface area is 135 Å². The van der Waals surface area contributed by atoms with Gasteiger partial charge >= 0.3 is 0 Å². The monoisotopic (exact) mass is 317 g/mol. The summed E-state index contributed by atoms with van der Waals surface area (Å²) in [6.07, 6.45) is 0.759. The summed E-state index contributed by atoms with van der Waals surface area (Å²) < 4.78 is 23.3. The molecule has 2 rings (SSSR count). The van der Waals surface area contributed by atoms with Crippen LogP contribution < -0.4 is 14.8 Å². The Balaban J connectivity index is 1.89. The molecule has 122 valence electrons. The first kappa shape index (κ1) is 16.8. The van der Waals surface area contributed by atoms with Gasteiger partial charge in [0.2, 0.25) is 0 Å². The highest BCUT2D eigenvalue weighted by atomic mass is 19.1. The van der Waals surface area contributed by atoms with Crippen LogP contribution in [0.5, 0.6) is 11.5 Å². The molecule has 0 saturated heterocycles. The second kappa shape index (κ2) is 8.17. The topological polar surface area (TPSA) is 47.6 Å². The van der Waals surface area contributed by atoms with E-state index in [1.807, 2.05) is 31.2 Å². The molecule has 0 spiro atoms. The van der Waals surface area contributed by atoms with Gasteiger partial charge < -0.3 is 14.8 Å². The predicted octanol–water partition coefficient (Wildman–Crippen LogP) is 3.48. The van der Waals surface area contributed by atoms with Crippen molar-refractivity contribution in [1.29, 1.82) is 0 Å². The second-order valence-corrected chi connectivity index (χ2v) is 5.04. The number of nitrogens with one attached hydrogen (secondary N) is 1. The maximum atomic E-state index is 12.8. The van der Waals surface area contributed by atoms with E-state index in [4.69, 9.17) is 9.47 Å². The van der Waals surface area contributed by atoms with E-state index in [2.05, 4.69) is 5.32 Å². The lowest BCUT2D eigenvalue weighted by Gasteiger charge is -2.18. The minimum Gasteiger partial charge on any atom is -0.497 e. The largest absolute Gasteiger partial charge is 0.497 e. The first-order chi connectivity index (χ1) is 11.1. The van der Waals surface area contributed by atoms with E-state index in [1.54, 1.807) is 7.11 Å². The SMILES string of the molecule is CC[C@@H](NC(=O)COc1ccc(F)cc1)c1ccc(OC)cc1. The normalized spacial score (nSPS) is 11.6. The number of hydrogen-bond donors (Lipinski definition) is 1. The Morgan fingerprint density at radius 1 is 1.09 bits per heavy atom. The lowest BCUT2D eigenvalue weighted by atomic mass is 10.0. The smallest absolute Gasteiger partial charge is 0.258 e. The van der Waals surface area contributed by atoms with E-state index in [0.29, 0.717) is 5.75 Å². The van der Waals surface area contributed by atoms with E-state index in [0.717, 1.165) is 17.7 Å². The summed E-state index contributed by atoms with van der Waals surface area (Å²) in [4.78, 5) is 12.0. The lowest BCUT2D eigenvalue weighted by Crippen LogP contribution is -2.32. The van der Waals surface area contributed by atoms with Crippen LogP contribution in [0.1, 0.15) is 24.9 Å². The molecular formula is C18H20FNO3. The Kier molecular flexibility index (Phi) is 5.97. The van der Waals surface area contributed by atoms with Gasteiger partial charge in [0.25, 0.3) is 5.91 Å². The number of rotatable bonds is 7. The van der Waals surface area contributed by atoms with Crippen molar-refractivity contribution in [3.05, 3.63) is 59.9 Å². The number of methoxy groups -OCH3 is 1. The van der Waals surface area contributed by atoms with E-state index in [9.17, 15) is 9.18 Å². The van der Waals surface area contributed by atoms with Crippen LogP contribution in [0.3, 0.4) is 0 Å². The Hall–Kier alpha value is -2.56. The molecule has 2 aromatic carbocycles. The second-order valence-electron chi connectivity index (χ2n) is 5.04. The maximum absolute atomic E-state index is 12.8. The first-order valence-electron chi connectivity index (χ1n) is 7.44. The highest BCUT2D eigenvalue weighted by Gasteiger charge is 2.13. The van der Waals surface area contributed by atoms with E-state index >= 15 is 0 Å². The number of carbonyl (C=O) groups is 1. The van der Waals surface area contributed by atoms with Gasteiger partial charge in [-0.2, -0.15) is 0 Å². The minimum atomic E-state index is -0.340. The number of carbonyl (C=O) groups excluding carboxylic acids is 1. The van der Waals surface area contributed by atoms with Gasteiger partial charge in [-0.25, -0.2) is 4.39 Å². The summed E-state index contributed by atoms with van der Waals surface area (Å²) in [6.45, 7) is 1.88. The molecule has 0 radical (unpaired) electrons. The van der Waals surface area contributed by atoms with Crippen molar-refractivity contribution in [2.24, 2.45) is 0 Å². The Morgan fingerprint density at radius 3 is 2.26 bits per heavy atom. The predicted molar refractivity (Wildman–Crippen MR) is 86.1 cm³/mol. The van der Waals surface area contributed by atoms with Crippen LogP contribution in [0.4, 0.5) is 4.39 Å². The third-order valence-electron chi connectivity index (χ3n) is 3.45. The van der Waals surface area contributed by atoms with Crippen LogP contribution in [0.15, 0.2) is 48.5 Å². The summed E-state index contributed by atoms with van der Waals surface area (Å²) in [5.41, 5.74) is 1.00. The molecule has 0 fully saturated rings. The van der Waals surface area contributed by atoms with Gasteiger partial charge in [-0.1, -0.05) is 19.1 Å². The summed E-state index contributed by atoms with van der Waals surface area (Å²) in [6, 6.07) is 13.0. The Bertz CT molecular complexity index is 626. The molecule has 0 aromatic heterocycles. The van der Waals surface area contributed by atoms with Crippen molar-refractivity contribution in [2.75, 3.05) is 13.7 Å². The third-order valence-corrected chi connectivity index (χ3v) is 3.45. The molecule has 1 atom stereocenters. The Morgan fingerprint density at radius 2 is 1.70 bits per heavy atom. The molecule has 1 N–H and O–H groups in total. The summed E-state index contributed by atoms with van der Waals surface area (Å²) in [5.74, 6) is 0.665. The molecule has 1 amide bonds. The molecule has 5 heteroatoms. The van der Waals surface area contributed by atoms with Crippen molar-refractivity contribution in [3.8, 4) is 11.5 Å². The molecule has 0 aliphatic heterocycles. The van der Waals surface area contributed by atoms with Crippen molar-refractivity contribution in [1.82, 2.24) is 5.32 Å². The zero-order chi connectivity index (χ0) is 16.7. The molecule has 0 heterocycles. The molecule has 23 heavy (non-hydrogen) atoms. The van der Waals surface area contributed by atoms with Gasteiger partial charge in [0.05, 0.1) is 13.2 Å². The van der Waals surface area contributed by atoms with Crippen molar-refractivity contribution in [2.45, 2.75) is 19.4 Å². The molecule has 2 aromatic rings. The zero-order valence-corrected chi connectivity index (χ0v) is 13.2. The standard InChI is InChI=1S/C18H20FNO3/c1-3-17(13-4-8-15(22-2)9-5-13)20-18(21)12-23-16-10-6-14(19)7-11-16/h4-11,17H,3,12H2,1-2H3,(H,20,21)/t17-/m1/s1. The van der Waals surface area contributed by atoms with Gasteiger partial charge in [0.1, 0.15) is 17.3 Å². The van der Waals surface area contributed by atoms with Crippen LogP contribution in [0.2, 0.25) is 0 Å². The van der Waals surface area contributed by atoms with Gasteiger partial charge in [0, 0.05) is 0 Å². The minimum absolute atomic E-state index is 0.0924. The van der Waals surface area contributed by atoms with Crippen LogP contribution in [0, 0.1) is 5.82 Å². The van der Waals surface area contributed by atoms with Gasteiger partial charge in [0.15, 0.2) is 6.61 Å². The van der Waals surface area contributed by atoms with Crippen LogP contribution >= 0.6 is 0 Å². The van der Waals surface area contributed by atoms with E-state index in [1.165, 1.54) is 24.3 Å². The molecular weight excluding hydrogens is 297 g/mol. The molecule has 0 aliphatic rings. The summed E-state index contributed by atoms with van der Waals surface area (Å²) in [7, 11) is 1.61. The van der Waals surface area contributed by atoms with Gasteiger partial charge in [-0.05, 0) is 48.4 Å². The van der Waals surface area contributed by atoms with Crippen molar-refractivity contribution >= 4 is 5.91 Å². The lowest BCUT2D eigenvalue weighted by molar-refractivity contribution is -0.123. The number of benzene rings is 2. The average molecular weight is 317 g/mol. The fourth-order valence-electron chi connectivity index (χ4n) is 2.17. The number of ether oxygens (including phenoxy) is 2. The summed E-state index contributed by atoms with van der Waals surface area (Å²) in [5, 5.41) is 2.92. The van der Waals surface area contributed by atoms with Gasteiger partial charge in [-0.3, -0.25) is 4.79 Å². The zero-order valence-electron chi connectivity index (χ0n) is 13.2. The fraction of sp³-hybridized carbons (Fsp3) is 0.278. The summed E-state index contributed by atoms with van der Waals surface area (Å²) >= 11 is 0. The molecule has 4 nitrogen and oxygen atoms in total. The third kappa shape index (κ3) is 4.98. The first-order valence-corrected chi connectivity index (χ1v) is 7.44. The van der Waals surface area contributed by atoms with Crippen molar-refractivity contribution < 1.29 is 18.7 Å². The molecule has 0 bridgehead atoms. The maximum Gasteiger partial charge on any atom is 0.258 e. The van der Waals surface area contributed by atoms with E-state index in [-0.39, 0.29) is 24.4 Å². The molecule has 0 saturated carbocycles. The quantitative estimate of drug-likeness (QED) is 0.850. The van der Waals surface area contributed by atoms with Crippen LogP contribution in [-0.4, -0.2) is 19.6 Å². The molecule has 0 unspecified atom stereocenters. The average Bonchev–Trinajstić information content (AvgIpc) is 2.59. The highest BCUT2D eigenvalue weighted by Crippen LogP contribution is 2.20.